The fourth-order valence-electron chi connectivity index (χ4n) is 2.02. The second-order valence-corrected chi connectivity index (χ2v) is 6.84. The molecule has 7 nitrogen and oxygen atoms in total. The van der Waals surface area contributed by atoms with Gasteiger partial charge in [0.05, 0.1) is 19.5 Å². The van der Waals surface area contributed by atoms with Gasteiger partial charge in [-0.15, -0.1) is 0 Å². The van der Waals surface area contributed by atoms with Crippen molar-refractivity contribution in [1.29, 1.82) is 0 Å². The van der Waals surface area contributed by atoms with Crippen molar-refractivity contribution in [3.8, 4) is 0 Å². The molecule has 0 spiro atoms. The van der Waals surface area contributed by atoms with E-state index in [2.05, 4.69) is 14.6 Å². The topological polar surface area (TPSA) is 76.5 Å². The lowest BCUT2D eigenvalue weighted by molar-refractivity contribution is 0.0213. The fourth-order valence-corrected chi connectivity index (χ4v) is 3.57. The van der Waals surface area contributed by atoms with E-state index in [1.54, 1.807) is 7.05 Å². The van der Waals surface area contributed by atoms with Crippen LogP contribution < -0.4 is 4.72 Å². The van der Waals surface area contributed by atoms with Gasteiger partial charge in [-0.1, -0.05) is 11.6 Å². The maximum Gasteiger partial charge on any atom is 0.261 e. The number of hydrogen-bond donors (Lipinski definition) is 1. The van der Waals surface area contributed by atoms with Crippen LogP contribution in [0.4, 0.5) is 0 Å². The van der Waals surface area contributed by atoms with Crippen LogP contribution in [0.3, 0.4) is 0 Å². The van der Waals surface area contributed by atoms with Crippen LogP contribution in [0, 0.1) is 0 Å². The molecule has 20 heavy (non-hydrogen) atoms. The molecular weight excluding hydrogens is 304 g/mol. The van der Waals surface area contributed by atoms with Gasteiger partial charge >= 0.3 is 0 Å². The summed E-state index contributed by atoms with van der Waals surface area (Å²) in [5.41, 5.74) is 0. The van der Waals surface area contributed by atoms with Gasteiger partial charge in [0.2, 0.25) is 5.03 Å². The number of morpholine rings is 1. The van der Waals surface area contributed by atoms with E-state index in [1.165, 1.54) is 10.9 Å². The Morgan fingerprint density at radius 1 is 1.50 bits per heavy atom. The minimum atomic E-state index is -3.68. The first kappa shape index (κ1) is 15.7. The zero-order valence-electron chi connectivity index (χ0n) is 11.5. The summed E-state index contributed by atoms with van der Waals surface area (Å²) in [5, 5.41) is -0.0210. The zero-order valence-corrected chi connectivity index (χ0v) is 13.1. The van der Waals surface area contributed by atoms with Crippen molar-refractivity contribution >= 4 is 21.6 Å². The largest absolute Gasteiger partial charge is 0.379 e. The first-order chi connectivity index (χ1) is 9.42. The summed E-state index contributed by atoms with van der Waals surface area (Å²) in [7, 11) is -2.03. The van der Waals surface area contributed by atoms with Crippen LogP contribution in [0.2, 0.25) is 5.15 Å². The summed E-state index contributed by atoms with van der Waals surface area (Å²) in [5.74, 6) is 0. The molecule has 1 aliphatic heterocycles. The molecule has 2 heterocycles. The highest BCUT2D eigenvalue weighted by molar-refractivity contribution is 7.89. The maximum absolute atomic E-state index is 12.1. The van der Waals surface area contributed by atoms with Crippen molar-refractivity contribution < 1.29 is 13.2 Å². The maximum atomic E-state index is 12.1. The number of nitrogens with zero attached hydrogens (tertiary/aromatic N) is 3. The first-order valence-electron chi connectivity index (χ1n) is 6.40. The fraction of sp³-hybridized carbons (Fsp3) is 0.727. The van der Waals surface area contributed by atoms with Gasteiger partial charge in [0, 0.05) is 32.7 Å². The predicted octanol–water partition coefficient (Wildman–Crippen LogP) is 0.0725. The molecule has 2 rings (SSSR count). The van der Waals surface area contributed by atoms with Gasteiger partial charge in [-0.2, -0.15) is 0 Å². The molecule has 1 aromatic rings. The molecule has 9 heteroatoms. The van der Waals surface area contributed by atoms with E-state index in [-0.39, 0.29) is 16.2 Å². The van der Waals surface area contributed by atoms with E-state index in [0.29, 0.717) is 19.8 Å². The average Bonchev–Trinajstić information content (AvgIpc) is 2.78. The standard InChI is InChI=1S/C11H19ClN4O3S/c1-9(16-3-5-19-6-4-16)7-14-20(17,18)11-10(12)15(2)8-13-11/h8-9,14H,3-7H2,1-2H3. The third kappa shape index (κ3) is 3.50. The van der Waals surface area contributed by atoms with Crippen LogP contribution in [0.1, 0.15) is 6.92 Å². The number of rotatable bonds is 5. The highest BCUT2D eigenvalue weighted by atomic mass is 35.5. The Labute approximate surface area is 123 Å². The Bertz CT molecular complexity index is 554. The summed E-state index contributed by atoms with van der Waals surface area (Å²) in [6, 6.07) is 0.0937. The quantitative estimate of drug-likeness (QED) is 0.830. The molecule has 0 saturated carbocycles. The Balaban J connectivity index is 1.97. The number of sulfonamides is 1. The van der Waals surface area contributed by atoms with E-state index < -0.39 is 10.0 Å². The van der Waals surface area contributed by atoms with Crippen molar-refractivity contribution in [2.45, 2.75) is 18.0 Å². The number of aryl methyl sites for hydroxylation is 1. The summed E-state index contributed by atoms with van der Waals surface area (Å²) in [6.07, 6.45) is 1.38. The summed E-state index contributed by atoms with van der Waals surface area (Å²) in [4.78, 5) is 6.01. The van der Waals surface area contributed by atoms with Gasteiger partial charge in [-0.05, 0) is 6.92 Å². The van der Waals surface area contributed by atoms with Crippen LogP contribution in [0.5, 0.6) is 0 Å². The highest BCUT2D eigenvalue weighted by Crippen LogP contribution is 2.18. The molecule has 0 aliphatic carbocycles. The Morgan fingerprint density at radius 2 is 2.15 bits per heavy atom. The predicted molar refractivity (Wildman–Crippen MR) is 75.3 cm³/mol. The van der Waals surface area contributed by atoms with Crippen molar-refractivity contribution in [2.24, 2.45) is 7.05 Å². The van der Waals surface area contributed by atoms with Crippen LogP contribution in [0.25, 0.3) is 0 Å². The normalized spacial score (nSPS) is 19.1. The molecule has 114 valence electrons. The number of aromatic nitrogens is 2. The molecule has 1 N–H and O–H groups in total. The number of ether oxygens (including phenoxy) is 1. The summed E-state index contributed by atoms with van der Waals surface area (Å²) >= 11 is 5.91. The van der Waals surface area contributed by atoms with Gasteiger partial charge in [0.1, 0.15) is 5.15 Å². The van der Waals surface area contributed by atoms with Crippen LogP contribution in [0.15, 0.2) is 11.4 Å². The smallest absolute Gasteiger partial charge is 0.261 e. The van der Waals surface area contributed by atoms with E-state index in [0.717, 1.165) is 13.1 Å². The molecule has 1 atom stereocenters. The van der Waals surface area contributed by atoms with E-state index in [4.69, 9.17) is 16.3 Å². The van der Waals surface area contributed by atoms with E-state index >= 15 is 0 Å². The molecule has 1 aliphatic rings. The molecule has 1 saturated heterocycles. The van der Waals surface area contributed by atoms with Gasteiger partial charge in [0.15, 0.2) is 0 Å². The van der Waals surface area contributed by atoms with Crippen molar-refractivity contribution in [3.63, 3.8) is 0 Å². The molecule has 0 aromatic carbocycles. The monoisotopic (exact) mass is 322 g/mol. The zero-order chi connectivity index (χ0) is 14.8. The molecule has 0 amide bonds. The van der Waals surface area contributed by atoms with Crippen molar-refractivity contribution in [3.05, 3.63) is 11.5 Å². The summed E-state index contributed by atoms with van der Waals surface area (Å²) < 4.78 is 33.6. The number of nitrogens with one attached hydrogen (secondary N) is 1. The van der Waals surface area contributed by atoms with Gasteiger partial charge in [-0.25, -0.2) is 18.1 Å². The highest BCUT2D eigenvalue weighted by Gasteiger charge is 2.24. The minimum Gasteiger partial charge on any atom is -0.379 e. The third-order valence-corrected chi connectivity index (χ3v) is 5.24. The Kier molecular flexibility index (Phi) is 5.03. The van der Waals surface area contributed by atoms with Gasteiger partial charge in [0.25, 0.3) is 10.0 Å². The number of imidazole rings is 1. The molecule has 1 fully saturated rings. The van der Waals surface area contributed by atoms with E-state index in [9.17, 15) is 8.42 Å². The van der Waals surface area contributed by atoms with Crippen LogP contribution >= 0.6 is 11.6 Å². The lowest BCUT2D eigenvalue weighted by atomic mass is 10.2. The van der Waals surface area contributed by atoms with Gasteiger partial charge in [-0.3, -0.25) is 4.90 Å². The molecule has 1 aromatic heterocycles. The molecule has 0 bridgehead atoms. The lowest BCUT2D eigenvalue weighted by Gasteiger charge is -2.32. The molecule has 1 unspecified atom stereocenters. The minimum absolute atomic E-state index is 0.0937. The lowest BCUT2D eigenvalue weighted by Crippen LogP contribution is -2.47. The third-order valence-electron chi connectivity index (χ3n) is 3.33. The first-order valence-corrected chi connectivity index (χ1v) is 8.26. The molecular formula is C11H19ClN4O3S. The number of hydrogen-bond acceptors (Lipinski definition) is 5. The Hall–Kier alpha value is -0.670. The van der Waals surface area contributed by atoms with Crippen LogP contribution in [-0.4, -0.2) is 61.8 Å². The second kappa shape index (κ2) is 6.40. The second-order valence-electron chi connectivity index (χ2n) is 4.80. The molecule has 0 radical (unpaired) electrons. The van der Waals surface area contributed by atoms with Crippen molar-refractivity contribution in [2.75, 3.05) is 32.8 Å². The number of halogens is 1. The van der Waals surface area contributed by atoms with E-state index in [1.807, 2.05) is 6.92 Å². The SMILES string of the molecule is CC(CNS(=O)(=O)c1ncn(C)c1Cl)N1CCOCC1. The van der Waals surface area contributed by atoms with Crippen molar-refractivity contribution in [1.82, 2.24) is 19.2 Å². The summed E-state index contributed by atoms with van der Waals surface area (Å²) in [6.45, 7) is 5.29. The van der Waals surface area contributed by atoms with Gasteiger partial charge < -0.3 is 9.30 Å². The Morgan fingerprint density at radius 3 is 2.70 bits per heavy atom. The van der Waals surface area contributed by atoms with Crippen LogP contribution in [-0.2, 0) is 21.8 Å². The average molecular weight is 323 g/mol.